The molecule has 0 unspecified atom stereocenters. The first-order chi connectivity index (χ1) is 5.62. The van der Waals surface area contributed by atoms with Crippen LogP contribution in [0.2, 0.25) is 10.6 Å². The van der Waals surface area contributed by atoms with E-state index in [0.29, 0.717) is 0 Å². The van der Waals surface area contributed by atoms with Gasteiger partial charge in [-0.3, -0.25) is 0 Å². The fourth-order valence-corrected chi connectivity index (χ4v) is 2.64. The molecule has 0 aromatic rings. The van der Waals surface area contributed by atoms with Gasteiger partial charge in [0.15, 0.2) is 0 Å². The van der Waals surface area contributed by atoms with Crippen molar-refractivity contribution in [2.45, 2.75) is 29.9 Å². The molecule has 0 amide bonds. The van der Waals surface area contributed by atoms with Gasteiger partial charge in [0.2, 0.25) is 0 Å². The van der Waals surface area contributed by atoms with Crippen LogP contribution in [0.3, 0.4) is 0 Å². The van der Waals surface area contributed by atoms with Gasteiger partial charge in [-0.1, -0.05) is 29.9 Å². The van der Waals surface area contributed by atoms with Crippen LogP contribution in [0.25, 0.3) is 0 Å². The second-order valence-corrected chi connectivity index (χ2v) is 4.40. The van der Waals surface area contributed by atoms with Crippen LogP contribution in [0.4, 0.5) is 25.9 Å². The minimum atomic E-state index is -5.08. The summed E-state index contributed by atoms with van der Waals surface area (Å²) in [7, 11) is 0. The molecule has 0 aromatic carbocycles. The Hall–Kier alpha value is -0.290. The smallest absolute Gasteiger partial charge is 0.449 e. The molecule has 3 aliphatic carbocycles. The van der Waals surface area contributed by atoms with Crippen LogP contribution in [0.5, 0.6) is 0 Å². The normalized spacial score (nSPS) is 43.8. The molecule has 76 valence electrons. The van der Waals surface area contributed by atoms with Gasteiger partial charge >= 0.3 is 14.0 Å². The summed E-state index contributed by atoms with van der Waals surface area (Å²) in [4.78, 5) is 0. The van der Waals surface area contributed by atoms with Crippen molar-refractivity contribution in [2.24, 2.45) is 0 Å². The highest BCUT2D eigenvalue weighted by Crippen LogP contribution is 2.89. The van der Waals surface area contributed by atoms with Crippen molar-refractivity contribution in [3.8, 4) is 0 Å². The maximum atomic E-state index is 12.2. The van der Waals surface area contributed by atoms with E-state index < -0.39 is 43.8 Å². The lowest BCUT2D eigenvalue weighted by Crippen LogP contribution is -2.67. The average Bonchev–Trinajstić information content (AvgIpc) is 1.41. The highest BCUT2D eigenvalue weighted by atomic mass is 19.4. The van der Waals surface area contributed by atoms with Crippen LogP contribution in [0.15, 0.2) is 0 Å². The molecule has 2 bridgehead atoms. The summed E-state index contributed by atoms with van der Waals surface area (Å²) in [6, 6.07) is 0. The van der Waals surface area contributed by atoms with Crippen LogP contribution in [-0.4, -0.2) is 14.0 Å². The van der Waals surface area contributed by atoms with Gasteiger partial charge in [-0.05, 0) is 0 Å². The zero-order chi connectivity index (χ0) is 10.1. The molecule has 0 saturated heterocycles. The molecule has 0 radical (unpaired) electrons. The van der Waals surface area contributed by atoms with Crippen molar-refractivity contribution < 1.29 is 25.9 Å². The summed E-state index contributed by atoms with van der Waals surface area (Å²) < 4.78 is 73.1. The average molecular weight is 202 g/mol. The van der Waals surface area contributed by atoms with Gasteiger partial charge in [0.1, 0.15) is 0 Å². The van der Waals surface area contributed by atoms with Crippen LogP contribution in [-0.2, 0) is 0 Å². The van der Waals surface area contributed by atoms with E-state index in [1.807, 2.05) is 0 Å². The zero-order valence-corrected chi connectivity index (χ0v) is 6.54. The molecule has 3 aliphatic rings. The van der Waals surface area contributed by atoms with Gasteiger partial charge in [-0.2, -0.15) is 0 Å². The Morgan fingerprint density at radius 2 is 0.846 bits per heavy atom. The van der Waals surface area contributed by atoms with E-state index in [9.17, 15) is 25.9 Å². The Bertz CT molecular complexity index is 209. The first-order valence-electron chi connectivity index (χ1n) is 4.01. The Kier molecular flexibility index (Phi) is 1.34. The van der Waals surface area contributed by atoms with Crippen molar-refractivity contribution in [2.75, 3.05) is 0 Å². The third kappa shape index (κ3) is 0.866. The van der Waals surface area contributed by atoms with E-state index in [1.54, 1.807) is 0 Å². The van der Waals surface area contributed by atoms with Gasteiger partial charge in [0.25, 0.3) is 0 Å². The van der Waals surface area contributed by atoms with Crippen molar-refractivity contribution >= 4 is 14.0 Å². The predicted molar refractivity (Wildman–Crippen MR) is 37.4 cm³/mol. The van der Waals surface area contributed by atoms with Crippen molar-refractivity contribution in [3.05, 3.63) is 0 Å². The fraction of sp³-hybridized carbons (Fsp3) is 1.00. The highest BCUT2D eigenvalue weighted by molar-refractivity contribution is 6.69. The Balaban J connectivity index is 2.09. The molecular formula is C5H6B2F6-2. The lowest BCUT2D eigenvalue weighted by molar-refractivity contribution is -0.0123. The first kappa shape index (κ1) is 9.27. The summed E-state index contributed by atoms with van der Waals surface area (Å²) in [6.45, 7) is -10.2. The third-order valence-corrected chi connectivity index (χ3v) is 3.50. The van der Waals surface area contributed by atoms with E-state index in [2.05, 4.69) is 0 Å². The molecule has 0 aliphatic heterocycles. The van der Waals surface area contributed by atoms with Crippen LogP contribution < -0.4 is 0 Å². The SMILES string of the molecule is F[B-](F)(F)C12CC([B-](F)(F)F)(C1)C2. The predicted octanol–water partition coefficient (Wildman–Crippen LogP) is 3.36. The summed E-state index contributed by atoms with van der Waals surface area (Å²) in [5, 5.41) is -3.84. The lowest BCUT2D eigenvalue weighted by Gasteiger charge is -2.79. The Morgan fingerprint density at radius 1 is 0.615 bits per heavy atom. The molecular weight excluding hydrogens is 196 g/mol. The number of hydrogen-bond donors (Lipinski definition) is 0. The Labute approximate surface area is 70.8 Å². The first-order valence-corrected chi connectivity index (χ1v) is 4.01. The Morgan fingerprint density at radius 3 is 1.00 bits per heavy atom. The third-order valence-electron chi connectivity index (χ3n) is 3.50. The van der Waals surface area contributed by atoms with Gasteiger partial charge in [0.05, 0.1) is 0 Å². The molecule has 0 heterocycles. The largest absolute Gasteiger partial charge is 0.484 e. The van der Waals surface area contributed by atoms with Crippen molar-refractivity contribution in [3.63, 3.8) is 0 Å². The molecule has 3 saturated carbocycles. The van der Waals surface area contributed by atoms with Crippen LogP contribution in [0.1, 0.15) is 19.3 Å². The minimum absolute atomic E-state index is 0.701. The van der Waals surface area contributed by atoms with Crippen LogP contribution >= 0.6 is 0 Å². The van der Waals surface area contributed by atoms with E-state index >= 15 is 0 Å². The van der Waals surface area contributed by atoms with E-state index in [0.717, 1.165) is 0 Å². The van der Waals surface area contributed by atoms with Gasteiger partial charge in [-0.15, -0.1) is 0 Å². The minimum Gasteiger partial charge on any atom is -0.449 e. The molecule has 0 atom stereocenters. The summed E-state index contributed by atoms with van der Waals surface area (Å²) in [5.74, 6) is 0. The zero-order valence-electron chi connectivity index (χ0n) is 6.54. The van der Waals surface area contributed by atoms with E-state index in [-0.39, 0.29) is 0 Å². The van der Waals surface area contributed by atoms with Crippen LogP contribution in [0, 0.1) is 0 Å². The standard InChI is InChI=1S/C5H6B2F6/c8-6(9,10)4-1-5(2-4,3-4)7(11,12)13/h1-3H2/q-2. The second-order valence-electron chi connectivity index (χ2n) is 4.40. The molecule has 0 nitrogen and oxygen atoms in total. The van der Waals surface area contributed by atoms with Gasteiger partial charge in [-0.25, -0.2) is 0 Å². The van der Waals surface area contributed by atoms with E-state index in [1.165, 1.54) is 0 Å². The van der Waals surface area contributed by atoms with Gasteiger partial charge < -0.3 is 25.9 Å². The quantitative estimate of drug-likeness (QED) is 0.475. The lowest BCUT2D eigenvalue weighted by atomic mass is 9.16. The summed E-state index contributed by atoms with van der Waals surface area (Å²) in [6.07, 6.45) is -2.10. The topological polar surface area (TPSA) is 0 Å². The van der Waals surface area contributed by atoms with Gasteiger partial charge in [0, 0.05) is 0 Å². The molecule has 0 spiro atoms. The molecule has 8 heteroatoms. The fourth-order valence-electron chi connectivity index (χ4n) is 2.64. The molecule has 0 N–H and O–H groups in total. The molecule has 3 rings (SSSR count). The molecule has 3 fully saturated rings. The summed E-state index contributed by atoms with van der Waals surface area (Å²) >= 11 is 0. The number of halogens is 6. The highest BCUT2D eigenvalue weighted by Gasteiger charge is 2.78. The molecule has 0 aromatic heterocycles. The maximum absolute atomic E-state index is 12.2. The second kappa shape index (κ2) is 1.88. The van der Waals surface area contributed by atoms with Crippen molar-refractivity contribution in [1.29, 1.82) is 0 Å². The molecule has 13 heavy (non-hydrogen) atoms. The number of rotatable bonds is 2. The monoisotopic (exact) mass is 202 g/mol. The number of hydrogen-bond acceptors (Lipinski definition) is 0. The van der Waals surface area contributed by atoms with E-state index in [4.69, 9.17) is 0 Å². The summed E-state index contributed by atoms with van der Waals surface area (Å²) in [5.41, 5.74) is 0. The maximum Gasteiger partial charge on any atom is 0.484 e. The van der Waals surface area contributed by atoms with Crippen molar-refractivity contribution in [1.82, 2.24) is 0 Å².